The Morgan fingerprint density at radius 2 is 1.67 bits per heavy atom. The lowest BCUT2D eigenvalue weighted by molar-refractivity contribution is -0.132. The van der Waals surface area contributed by atoms with E-state index in [1.54, 1.807) is 43.1 Å². The average molecular weight is 248 g/mol. The number of carbonyl (C=O) groups excluding carboxylic acids is 2. The predicted octanol–water partition coefficient (Wildman–Crippen LogP) is 1.67. The molecule has 0 radical (unpaired) electrons. The summed E-state index contributed by atoms with van der Waals surface area (Å²) in [6, 6.07) is 8.47. The van der Waals surface area contributed by atoms with Crippen LogP contribution >= 0.6 is 0 Å². The Hall–Kier alpha value is -1.84. The second-order valence-electron chi connectivity index (χ2n) is 4.60. The van der Waals surface area contributed by atoms with Gasteiger partial charge in [0.25, 0.3) is 5.91 Å². The second-order valence-corrected chi connectivity index (χ2v) is 4.60. The minimum atomic E-state index is -0.523. The summed E-state index contributed by atoms with van der Waals surface area (Å²) < 4.78 is 0. The van der Waals surface area contributed by atoms with Crippen molar-refractivity contribution in [1.82, 2.24) is 10.2 Å². The summed E-state index contributed by atoms with van der Waals surface area (Å²) in [6.45, 7) is 5.56. The van der Waals surface area contributed by atoms with Crippen molar-refractivity contribution in [2.75, 3.05) is 7.05 Å². The number of nitrogens with one attached hydrogen (secondary N) is 1. The van der Waals surface area contributed by atoms with Crippen molar-refractivity contribution in [1.29, 1.82) is 0 Å². The number of carbonyl (C=O) groups is 2. The van der Waals surface area contributed by atoms with Crippen molar-refractivity contribution in [3.63, 3.8) is 0 Å². The van der Waals surface area contributed by atoms with Gasteiger partial charge in [-0.05, 0) is 32.9 Å². The van der Waals surface area contributed by atoms with Gasteiger partial charge in [0, 0.05) is 18.7 Å². The zero-order valence-corrected chi connectivity index (χ0v) is 11.3. The van der Waals surface area contributed by atoms with Gasteiger partial charge in [0.15, 0.2) is 0 Å². The van der Waals surface area contributed by atoms with Crippen LogP contribution in [0.3, 0.4) is 0 Å². The Balaban J connectivity index is 2.63. The average Bonchev–Trinajstić information content (AvgIpc) is 2.37. The van der Waals surface area contributed by atoms with Crippen LogP contribution in [0.2, 0.25) is 0 Å². The van der Waals surface area contributed by atoms with E-state index >= 15 is 0 Å². The molecule has 0 aliphatic heterocycles. The Morgan fingerprint density at radius 1 is 1.11 bits per heavy atom. The quantitative estimate of drug-likeness (QED) is 0.881. The molecule has 98 valence electrons. The monoisotopic (exact) mass is 248 g/mol. The van der Waals surface area contributed by atoms with Crippen LogP contribution in [0.15, 0.2) is 30.3 Å². The van der Waals surface area contributed by atoms with Crippen molar-refractivity contribution >= 4 is 11.8 Å². The molecular formula is C14H20N2O2. The van der Waals surface area contributed by atoms with E-state index in [4.69, 9.17) is 0 Å². The maximum absolute atomic E-state index is 12.0. The lowest BCUT2D eigenvalue weighted by Crippen LogP contribution is -2.47. The first kappa shape index (κ1) is 14.2. The normalized spacial score (nSPS) is 12.1. The molecule has 0 spiro atoms. The van der Waals surface area contributed by atoms with Crippen LogP contribution in [0.5, 0.6) is 0 Å². The number of benzene rings is 1. The first-order valence-corrected chi connectivity index (χ1v) is 6.06. The summed E-state index contributed by atoms with van der Waals surface area (Å²) >= 11 is 0. The molecule has 18 heavy (non-hydrogen) atoms. The van der Waals surface area contributed by atoms with Gasteiger partial charge in [-0.2, -0.15) is 0 Å². The minimum Gasteiger partial charge on any atom is -0.342 e. The van der Waals surface area contributed by atoms with E-state index in [1.807, 2.05) is 19.9 Å². The van der Waals surface area contributed by atoms with Gasteiger partial charge in [-0.1, -0.05) is 18.2 Å². The van der Waals surface area contributed by atoms with Crippen LogP contribution in [0.25, 0.3) is 0 Å². The molecule has 1 unspecified atom stereocenters. The molecular weight excluding hydrogens is 228 g/mol. The van der Waals surface area contributed by atoms with Crippen LogP contribution in [0.1, 0.15) is 31.1 Å². The van der Waals surface area contributed by atoms with E-state index in [1.165, 1.54) is 0 Å². The molecule has 0 bridgehead atoms. The molecule has 4 heteroatoms. The Kier molecular flexibility index (Phi) is 4.89. The fraction of sp³-hybridized carbons (Fsp3) is 0.429. The molecule has 0 heterocycles. The molecule has 1 aromatic carbocycles. The number of hydrogen-bond acceptors (Lipinski definition) is 2. The number of amides is 2. The largest absolute Gasteiger partial charge is 0.342 e. The summed E-state index contributed by atoms with van der Waals surface area (Å²) in [7, 11) is 1.73. The van der Waals surface area contributed by atoms with Crippen LogP contribution in [0.4, 0.5) is 0 Å². The first-order chi connectivity index (χ1) is 8.43. The van der Waals surface area contributed by atoms with Gasteiger partial charge in [-0.25, -0.2) is 0 Å². The third-order valence-corrected chi connectivity index (χ3v) is 2.88. The summed E-state index contributed by atoms with van der Waals surface area (Å²) in [5, 5.41) is 2.70. The van der Waals surface area contributed by atoms with Gasteiger partial charge in [0.1, 0.15) is 6.04 Å². The van der Waals surface area contributed by atoms with Gasteiger partial charge >= 0.3 is 0 Å². The van der Waals surface area contributed by atoms with Gasteiger partial charge in [0.05, 0.1) is 0 Å². The van der Waals surface area contributed by atoms with Gasteiger partial charge in [-0.15, -0.1) is 0 Å². The molecule has 0 aliphatic carbocycles. The highest BCUT2D eigenvalue weighted by Crippen LogP contribution is 2.02. The molecule has 1 N–H and O–H groups in total. The lowest BCUT2D eigenvalue weighted by Gasteiger charge is -2.25. The van der Waals surface area contributed by atoms with Crippen LogP contribution in [-0.2, 0) is 4.79 Å². The minimum absolute atomic E-state index is 0.0886. The summed E-state index contributed by atoms with van der Waals surface area (Å²) in [6.07, 6.45) is 0. The van der Waals surface area contributed by atoms with E-state index in [2.05, 4.69) is 5.32 Å². The Labute approximate surface area is 108 Å². The smallest absolute Gasteiger partial charge is 0.251 e. The maximum Gasteiger partial charge on any atom is 0.251 e. The summed E-state index contributed by atoms with van der Waals surface area (Å²) in [5.41, 5.74) is 0.560. The molecule has 2 amide bonds. The SMILES string of the molecule is CC(NC(=O)c1ccccc1)C(=O)N(C)C(C)C. The molecule has 0 aliphatic rings. The first-order valence-electron chi connectivity index (χ1n) is 6.06. The summed E-state index contributed by atoms with van der Waals surface area (Å²) in [4.78, 5) is 25.5. The highest BCUT2D eigenvalue weighted by molar-refractivity contribution is 5.97. The van der Waals surface area contributed by atoms with Crippen molar-refractivity contribution in [3.05, 3.63) is 35.9 Å². The van der Waals surface area contributed by atoms with E-state index < -0.39 is 6.04 Å². The van der Waals surface area contributed by atoms with Gasteiger partial charge in [0.2, 0.25) is 5.91 Å². The Morgan fingerprint density at radius 3 is 2.17 bits per heavy atom. The van der Waals surface area contributed by atoms with Crippen LogP contribution in [0, 0.1) is 0 Å². The van der Waals surface area contributed by atoms with Gasteiger partial charge < -0.3 is 10.2 Å². The molecule has 0 aromatic heterocycles. The van der Waals surface area contributed by atoms with Crippen LogP contribution in [-0.4, -0.2) is 35.8 Å². The molecule has 0 fully saturated rings. The third-order valence-electron chi connectivity index (χ3n) is 2.88. The fourth-order valence-electron chi connectivity index (χ4n) is 1.49. The zero-order valence-electron chi connectivity index (χ0n) is 11.3. The highest BCUT2D eigenvalue weighted by Gasteiger charge is 2.21. The summed E-state index contributed by atoms with van der Waals surface area (Å²) in [5.74, 6) is -0.317. The zero-order chi connectivity index (χ0) is 13.7. The molecule has 1 rings (SSSR count). The standard InChI is InChI=1S/C14H20N2O2/c1-10(2)16(4)14(18)11(3)15-13(17)12-8-6-5-7-9-12/h5-11H,1-4H3,(H,15,17). The molecule has 4 nitrogen and oxygen atoms in total. The van der Waals surface area contributed by atoms with Crippen molar-refractivity contribution in [3.8, 4) is 0 Å². The maximum atomic E-state index is 12.0. The topological polar surface area (TPSA) is 49.4 Å². The van der Waals surface area contributed by atoms with Crippen molar-refractivity contribution < 1.29 is 9.59 Å². The molecule has 0 saturated heterocycles. The highest BCUT2D eigenvalue weighted by atomic mass is 16.2. The molecule has 0 saturated carbocycles. The van der Waals surface area contributed by atoms with E-state index in [-0.39, 0.29) is 17.9 Å². The molecule has 1 aromatic rings. The van der Waals surface area contributed by atoms with E-state index in [0.29, 0.717) is 5.56 Å². The van der Waals surface area contributed by atoms with Crippen molar-refractivity contribution in [2.45, 2.75) is 32.9 Å². The Bertz CT molecular complexity index is 415. The number of likely N-dealkylation sites (N-methyl/N-ethyl adjacent to an activating group) is 1. The van der Waals surface area contributed by atoms with E-state index in [9.17, 15) is 9.59 Å². The van der Waals surface area contributed by atoms with Gasteiger partial charge in [-0.3, -0.25) is 9.59 Å². The van der Waals surface area contributed by atoms with E-state index in [0.717, 1.165) is 0 Å². The predicted molar refractivity (Wildman–Crippen MR) is 71.3 cm³/mol. The molecule has 1 atom stereocenters. The number of nitrogens with zero attached hydrogens (tertiary/aromatic N) is 1. The van der Waals surface area contributed by atoms with Crippen molar-refractivity contribution in [2.24, 2.45) is 0 Å². The fourth-order valence-corrected chi connectivity index (χ4v) is 1.49. The van der Waals surface area contributed by atoms with Crippen LogP contribution < -0.4 is 5.32 Å². The lowest BCUT2D eigenvalue weighted by atomic mass is 10.2. The second kappa shape index (κ2) is 6.19. The number of hydrogen-bond donors (Lipinski definition) is 1. The third kappa shape index (κ3) is 3.58. The number of rotatable bonds is 4.